The molecule has 4 aromatic heterocycles. The number of carbonyl (C=O) groups excluding carboxylic acids is 1. The zero-order chi connectivity index (χ0) is 36.2. The Balaban J connectivity index is 1.44. The maximum atomic E-state index is 14.6. The Morgan fingerprint density at radius 1 is 1.08 bits per heavy atom. The highest BCUT2D eigenvalue weighted by atomic mass is 35.5. The monoisotopic (exact) mass is 737 g/mol. The minimum absolute atomic E-state index is 0.0222. The molecular weight excluding hydrogens is 708 g/mol. The molecule has 14 nitrogen and oxygen atoms in total. The highest BCUT2D eigenvalue weighted by Crippen LogP contribution is 2.39. The van der Waals surface area contributed by atoms with Crippen LogP contribution in [0.3, 0.4) is 0 Å². The molecule has 2 aromatic carbocycles. The fourth-order valence-electron chi connectivity index (χ4n) is 6.05. The number of aromatic nitrogens is 7. The van der Waals surface area contributed by atoms with Crippen LogP contribution in [0.4, 0.5) is 14.6 Å². The molecule has 0 bridgehead atoms. The first-order valence-electron chi connectivity index (χ1n) is 15.7. The number of aryl methyl sites for hydroxylation is 1. The largest absolute Gasteiger partial charge is 0.481 e. The SMILES string of the molecule is COc1ccc2c(=O)n(-c3ccc(Cl)c4c(NS(C)(=O)=O)nn(C)c34)c(C(Cc3cc(F)cc(F)c3)NC(=O)Cn3ccc(C4CC4)n3)nc2n1. The number of nitrogens with one attached hydrogen (secondary N) is 2. The number of halogens is 3. The molecule has 7 rings (SSSR count). The third-order valence-electron chi connectivity index (χ3n) is 8.35. The number of methoxy groups -OCH3 is 1. The first-order chi connectivity index (χ1) is 24.3. The Hall–Kier alpha value is -5.42. The van der Waals surface area contributed by atoms with E-state index < -0.39 is 39.2 Å². The van der Waals surface area contributed by atoms with Gasteiger partial charge in [0.25, 0.3) is 5.56 Å². The Morgan fingerprint density at radius 2 is 1.82 bits per heavy atom. The van der Waals surface area contributed by atoms with Crippen LogP contribution >= 0.6 is 11.6 Å². The second-order valence-electron chi connectivity index (χ2n) is 12.3. The van der Waals surface area contributed by atoms with Crippen molar-refractivity contribution >= 4 is 55.3 Å². The Kier molecular flexibility index (Phi) is 8.71. The van der Waals surface area contributed by atoms with E-state index in [1.54, 1.807) is 6.20 Å². The Morgan fingerprint density at radius 3 is 2.51 bits per heavy atom. The molecule has 1 saturated carbocycles. The van der Waals surface area contributed by atoms with Gasteiger partial charge >= 0.3 is 0 Å². The summed E-state index contributed by atoms with van der Waals surface area (Å²) in [5, 5.41) is 12.1. The zero-order valence-electron chi connectivity index (χ0n) is 27.4. The van der Waals surface area contributed by atoms with Crippen LogP contribution in [-0.2, 0) is 34.8 Å². The molecule has 1 aliphatic rings. The van der Waals surface area contributed by atoms with E-state index in [0.717, 1.165) is 43.0 Å². The summed E-state index contributed by atoms with van der Waals surface area (Å²) in [6, 6.07) is 9.58. The Bertz CT molecular complexity index is 2510. The normalized spacial score (nSPS) is 13.8. The third-order valence-corrected chi connectivity index (χ3v) is 9.23. The summed E-state index contributed by atoms with van der Waals surface area (Å²) in [6.07, 6.45) is 4.50. The van der Waals surface area contributed by atoms with E-state index in [2.05, 4.69) is 25.2 Å². The number of hydrogen-bond acceptors (Lipinski definition) is 9. The number of nitrogens with zero attached hydrogens (tertiary/aromatic N) is 7. The van der Waals surface area contributed by atoms with Crippen molar-refractivity contribution in [3.05, 3.63) is 98.8 Å². The van der Waals surface area contributed by atoms with Gasteiger partial charge < -0.3 is 10.1 Å². The first kappa shape index (κ1) is 34.0. The van der Waals surface area contributed by atoms with Gasteiger partial charge in [-0.15, -0.1) is 0 Å². The number of amides is 1. The summed E-state index contributed by atoms with van der Waals surface area (Å²) < 4.78 is 65.1. The molecule has 51 heavy (non-hydrogen) atoms. The molecular formula is C33H30ClF2N9O5S. The number of rotatable bonds is 11. The van der Waals surface area contributed by atoms with Gasteiger partial charge in [-0.2, -0.15) is 15.2 Å². The van der Waals surface area contributed by atoms with Gasteiger partial charge in [-0.1, -0.05) is 11.6 Å². The molecule has 4 heterocycles. The van der Waals surface area contributed by atoms with Gasteiger partial charge in [0, 0.05) is 37.7 Å². The highest BCUT2D eigenvalue weighted by Gasteiger charge is 2.29. The second-order valence-corrected chi connectivity index (χ2v) is 14.4. The molecule has 1 atom stereocenters. The predicted molar refractivity (Wildman–Crippen MR) is 185 cm³/mol. The van der Waals surface area contributed by atoms with E-state index in [0.29, 0.717) is 5.92 Å². The number of benzene rings is 2. The molecule has 264 valence electrons. The van der Waals surface area contributed by atoms with Gasteiger partial charge in [-0.05, 0) is 54.8 Å². The van der Waals surface area contributed by atoms with Gasteiger partial charge in [-0.25, -0.2) is 22.2 Å². The minimum Gasteiger partial charge on any atom is -0.481 e. The number of anilines is 1. The first-order valence-corrected chi connectivity index (χ1v) is 17.9. The lowest BCUT2D eigenvalue weighted by atomic mass is 10.0. The van der Waals surface area contributed by atoms with E-state index >= 15 is 0 Å². The topological polar surface area (TPSA) is 168 Å². The number of carbonyl (C=O) groups is 1. The van der Waals surface area contributed by atoms with Gasteiger partial charge in [0.15, 0.2) is 11.5 Å². The summed E-state index contributed by atoms with van der Waals surface area (Å²) in [4.78, 5) is 37.4. The molecule has 1 amide bonds. The summed E-state index contributed by atoms with van der Waals surface area (Å²) in [7, 11) is -0.860. The van der Waals surface area contributed by atoms with Crippen LogP contribution in [0, 0.1) is 11.6 Å². The van der Waals surface area contributed by atoms with Crippen LogP contribution in [0.5, 0.6) is 5.88 Å². The zero-order valence-corrected chi connectivity index (χ0v) is 29.0. The van der Waals surface area contributed by atoms with Crippen molar-refractivity contribution in [3.63, 3.8) is 0 Å². The fraction of sp³-hybridized carbons (Fsp3) is 0.273. The number of sulfonamides is 1. The van der Waals surface area contributed by atoms with E-state index in [9.17, 15) is 26.8 Å². The quantitative estimate of drug-likeness (QED) is 0.199. The number of fused-ring (bicyclic) bond motifs is 2. The van der Waals surface area contributed by atoms with Gasteiger partial charge in [0.1, 0.15) is 24.0 Å². The lowest BCUT2D eigenvalue weighted by Gasteiger charge is -2.23. The third kappa shape index (κ3) is 6.98. The fourth-order valence-corrected chi connectivity index (χ4v) is 6.79. The van der Waals surface area contributed by atoms with Crippen molar-refractivity contribution in [2.45, 2.75) is 37.8 Å². The van der Waals surface area contributed by atoms with E-state index in [1.165, 1.54) is 52.4 Å². The van der Waals surface area contributed by atoms with Crippen molar-refractivity contribution in [2.24, 2.45) is 7.05 Å². The van der Waals surface area contributed by atoms with Crippen molar-refractivity contribution in [2.75, 3.05) is 18.1 Å². The van der Waals surface area contributed by atoms with Crippen molar-refractivity contribution in [1.29, 1.82) is 0 Å². The van der Waals surface area contributed by atoms with Crippen LogP contribution in [0.1, 0.15) is 41.9 Å². The van der Waals surface area contributed by atoms with E-state index in [-0.39, 0.29) is 68.7 Å². The molecule has 0 radical (unpaired) electrons. The lowest BCUT2D eigenvalue weighted by Crippen LogP contribution is -2.37. The standard InChI is InChI=1S/C33H30ClF2N9O5S/c1-43-29-25(8-7-22(34)28(29)31(41-43)42-51(3,48)49)45-32(39-30-21(33(45)47)6-9-27(38-30)50-2)24(14-17-12-19(35)15-20(36)13-17)37-26(46)16-44-11-10-23(40-44)18-4-5-18/h6-13,15,18,24H,4-5,14,16H2,1-3H3,(H,37,46)(H,41,42). The lowest BCUT2D eigenvalue weighted by molar-refractivity contribution is -0.122. The highest BCUT2D eigenvalue weighted by molar-refractivity contribution is 7.92. The average Bonchev–Trinajstić information content (AvgIpc) is 3.72. The Labute approximate surface area is 294 Å². The minimum atomic E-state index is -3.80. The van der Waals surface area contributed by atoms with Crippen LogP contribution < -0.4 is 20.3 Å². The number of pyridine rings is 1. The maximum Gasteiger partial charge on any atom is 0.267 e. The number of hydrogen-bond donors (Lipinski definition) is 2. The van der Waals surface area contributed by atoms with Gasteiger partial charge in [-0.3, -0.25) is 28.2 Å². The molecule has 18 heteroatoms. The van der Waals surface area contributed by atoms with E-state index in [1.807, 2.05) is 6.07 Å². The van der Waals surface area contributed by atoms with Gasteiger partial charge in [0.05, 0.1) is 52.1 Å². The van der Waals surface area contributed by atoms with Crippen molar-refractivity contribution < 1.29 is 26.7 Å². The van der Waals surface area contributed by atoms with Gasteiger partial charge in [0.2, 0.25) is 21.8 Å². The molecule has 0 spiro atoms. The molecule has 0 saturated heterocycles. The number of ether oxygens (including phenoxy) is 1. The molecule has 6 aromatic rings. The van der Waals surface area contributed by atoms with Crippen molar-refractivity contribution in [3.8, 4) is 11.6 Å². The van der Waals surface area contributed by atoms with Crippen LogP contribution in [-0.4, -0.2) is 61.8 Å². The van der Waals surface area contributed by atoms with Crippen LogP contribution in [0.25, 0.3) is 27.6 Å². The summed E-state index contributed by atoms with van der Waals surface area (Å²) in [6.45, 7) is -0.196. The van der Waals surface area contributed by atoms with Crippen LogP contribution in [0.15, 0.2) is 59.5 Å². The smallest absolute Gasteiger partial charge is 0.267 e. The molecule has 1 unspecified atom stereocenters. The molecule has 1 aliphatic carbocycles. The van der Waals surface area contributed by atoms with Crippen molar-refractivity contribution in [1.82, 2.24) is 39.4 Å². The molecule has 1 fully saturated rings. The molecule has 2 N–H and O–H groups in total. The summed E-state index contributed by atoms with van der Waals surface area (Å²) in [5.41, 5.74) is 0.804. The van der Waals surface area contributed by atoms with E-state index in [4.69, 9.17) is 21.3 Å². The second kappa shape index (κ2) is 13.0. The van der Waals surface area contributed by atoms with Crippen LogP contribution in [0.2, 0.25) is 5.02 Å². The molecule has 0 aliphatic heterocycles. The maximum absolute atomic E-state index is 14.6. The summed E-state index contributed by atoms with van der Waals surface area (Å²) in [5.74, 6) is -1.82. The summed E-state index contributed by atoms with van der Waals surface area (Å²) >= 11 is 6.59. The average molecular weight is 738 g/mol. The predicted octanol–water partition coefficient (Wildman–Crippen LogP) is 4.15.